The molecule has 6 nitrogen and oxygen atoms in total. The third-order valence-corrected chi connectivity index (χ3v) is 3.28. The molecular weight excluding hydrogens is 300 g/mol. The van der Waals surface area contributed by atoms with Gasteiger partial charge in [-0.05, 0) is 23.0 Å². The summed E-state index contributed by atoms with van der Waals surface area (Å²) < 4.78 is 11.5. The smallest absolute Gasteiger partial charge is 0.232 e. The van der Waals surface area contributed by atoms with Crippen LogP contribution in [0.5, 0.6) is 5.88 Å². The van der Waals surface area contributed by atoms with Crippen molar-refractivity contribution < 1.29 is 9.47 Å². The zero-order valence-electron chi connectivity index (χ0n) is 10.5. The minimum absolute atomic E-state index is 0.169. The van der Waals surface area contributed by atoms with Crippen LogP contribution in [0.1, 0.15) is 0 Å². The first-order valence-electron chi connectivity index (χ1n) is 5.79. The minimum atomic E-state index is 0.169. The number of hydrogen-bond acceptors (Lipinski definition) is 6. The van der Waals surface area contributed by atoms with Gasteiger partial charge in [0.05, 0.1) is 30.5 Å². The second-order valence-corrected chi connectivity index (χ2v) is 5.04. The van der Waals surface area contributed by atoms with E-state index in [1.807, 2.05) is 0 Å². The highest BCUT2D eigenvalue weighted by molar-refractivity contribution is 9.10. The van der Waals surface area contributed by atoms with Crippen LogP contribution in [0, 0.1) is 0 Å². The van der Waals surface area contributed by atoms with Crippen LogP contribution in [0.25, 0.3) is 0 Å². The van der Waals surface area contributed by atoms with Gasteiger partial charge in [-0.1, -0.05) is 0 Å². The molecule has 1 aromatic rings. The molecule has 0 unspecified atom stereocenters. The lowest BCUT2D eigenvalue weighted by molar-refractivity contribution is -0.0118. The van der Waals surface area contributed by atoms with Gasteiger partial charge < -0.3 is 19.7 Å². The Labute approximate surface area is 115 Å². The lowest BCUT2D eigenvalue weighted by Gasteiger charge is -2.30. The van der Waals surface area contributed by atoms with Crippen LogP contribution in [0.4, 0.5) is 5.95 Å². The molecule has 0 amide bonds. The Kier molecular flexibility index (Phi) is 4.73. The maximum atomic E-state index is 5.65. The van der Waals surface area contributed by atoms with Gasteiger partial charge in [0.2, 0.25) is 11.8 Å². The average Bonchev–Trinajstić information content (AvgIpc) is 2.38. The van der Waals surface area contributed by atoms with Crippen molar-refractivity contribution in [3.8, 4) is 5.88 Å². The number of rotatable bonds is 4. The molecule has 1 saturated heterocycles. The molecule has 0 spiro atoms. The summed E-state index contributed by atoms with van der Waals surface area (Å²) in [5.41, 5.74) is 0. The Morgan fingerprint density at radius 2 is 2.50 bits per heavy atom. The van der Waals surface area contributed by atoms with Crippen molar-refractivity contribution in [2.24, 2.45) is 0 Å². The highest BCUT2D eigenvalue weighted by Gasteiger charge is 2.17. The topological polar surface area (TPSA) is 59.5 Å². The molecule has 100 valence electrons. The van der Waals surface area contributed by atoms with E-state index in [1.165, 1.54) is 0 Å². The molecule has 1 atom stereocenters. The highest BCUT2D eigenvalue weighted by atomic mass is 79.9. The van der Waals surface area contributed by atoms with Crippen LogP contribution in [0.2, 0.25) is 0 Å². The van der Waals surface area contributed by atoms with E-state index >= 15 is 0 Å². The summed E-state index contributed by atoms with van der Waals surface area (Å²) in [5, 5.41) is 3.16. The van der Waals surface area contributed by atoms with E-state index in [0.717, 1.165) is 24.2 Å². The van der Waals surface area contributed by atoms with E-state index in [-0.39, 0.29) is 6.10 Å². The summed E-state index contributed by atoms with van der Waals surface area (Å²) in [7, 11) is 3.67. The number of morpholine rings is 1. The van der Waals surface area contributed by atoms with Gasteiger partial charge in [0.25, 0.3) is 0 Å². The lowest BCUT2D eigenvalue weighted by Crippen LogP contribution is -2.43. The number of likely N-dealkylation sites (N-methyl/N-ethyl adjacent to an activating group) is 1. The van der Waals surface area contributed by atoms with E-state index in [4.69, 9.17) is 9.47 Å². The first kappa shape index (κ1) is 13.5. The quantitative estimate of drug-likeness (QED) is 0.894. The average molecular weight is 317 g/mol. The summed E-state index contributed by atoms with van der Waals surface area (Å²) in [5.74, 6) is 1.07. The number of aromatic nitrogens is 2. The molecule has 0 saturated carbocycles. The fourth-order valence-corrected chi connectivity index (χ4v) is 2.13. The summed E-state index contributed by atoms with van der Waals surface area (Å²) in [6.07, 6.45) is 1.84. The Bertz CT molecular complexity index is 405. The molecule has 18 heavy (non-hydrogen) atoms. The van der Waals surface area contributed by atoms with Crippen LogP contribution >= 0.6 is 15.9 Å². The molecule has 1 fully saturated rings. The fraction of sp³-hybridized carbons (Fsp3) is 0.636. The second kappa shape index (κ2) is 6.31. The molecule has 7 heteroatoms. The molecule has 0 aliphatic carbocycles. The van der Waals surface area contributed by atoms with Gasteiger partial charge >= 0.3 is 0 Å². The van der Waals surface area contributed by atoms with Crippen molar-refractivity contribution in [3.05, 3.63) is 10.7 Å². The van der Waals surface area contributed by atoms with Crippen LogP contribution in [-0.4, -0.2) is 61.4 Å². The molecule has 1 aliphatic rings. The fourth-order valence-electron chi connectivity index (χ4n) is 1.78. The largest absolute Gasteiger partial charge is 0.480 e. The standard InChI is InChI=1S/C11H17BrN4O2/c1-16-3-4-18-8(7-16)5-13-11-14-6-9(12)10(15-11)17-2/h6,8H,3-5,7H2,1-2H3,(H,13,14,15)/t8-/m1/s1. The van der Waals surface area contributed by atoms with E-state index in [1.54, 1.807) is 13.3 Å². The van der Waals surface area contributed by atoms with Gasteiger partial charge in [-0.2, -0.15) is 4.98 Å². The van der Waals surface area contributed by atoms with Crippen molar-refractivity contribution in [3.63, 3.8) is 0 Å². The predicted molar refractivity (Wildman–Crippen MR) is 72.0 cm³/mol. The lowest BCUT2D eigenvalue weighted by atomic mass is 10.3. The Morgan fingerprint density at radius 3 is 3.22 bits per heavy atom. The molecule has 0 radical (unpaired) electrons. The maximum absolute atomic E-state index is 5.65. The van der Waals surface area contributed by atoms with Crippen LogP contribution in [-0.2, 0) is 4.74 Å². The summed E-state index contributed by atoms with van der Waals surface area (Å²) in [4.78, 5) is 10.7. The molecule has 2 heterocycles. The number of ether oxygens (including phenoxy) is 2. The molecule has 0 bridgehead atoms. The predicted octanol–water partition coefficient (Wildman–Crippen LogP) is 0.990. The van der Waals surface area contributed by atoms with E-state index in [0.29, 0.717) is 18.4 Å². The monoisotopic (exact) mass is 316 g/mol. The molecule has 1 aromatic heterocycles. The number of hydrogen-bond donors (Lipinski definition) is 1. The van der Waals surface area contributed by atoms with Gasteiger partial charge in [0, 0.05) is 19.6 Å². The van der Waals surface area contributed by atoms with Crippen molar-refractivity contribution >= 4 is 21.9 Å². The third kappa shape index (κ3) is 3.54. The molecular formula is C11H17BrN4O2. The minimum Gasteiger partial charge on any atom is -0.480 e. The van der Waals surface area contributed by atoms with Gasteiger partial charge in [0.15, 0.2) is 0 Å². The van der Waals surface area contributed by atoms with Crippen LogP contribution in [0.3, 0.4) is 0 Å². The van der Waals surface area contributed by atoms with Crippen LogP contribution < -0.4 is 10.1 Å². The Hall–Kier alpha value is -0.920. The normalized spacial score (nSPS) is 20.7. The second-order valence-electron chi connectivity index (χ2n) is 4.19. The number of halogens is 1. The van der Waals surface area contributed by atoms with Gasteiger partial charge in [-0.25, -0.2) is 4.98 Å². The summed E-state index contributed by atoms with van der Waals surface area (Å²) >= 11 is 3.32. The van der Waals surface area contributed by atoms with E-state index < -0.39 is 0 Å². The van der Waals surface area contributed by atoms with Gasteiger partial charge in [-0.15, -0.1) is 0 Å². The Balaban J connectivity index is 1.89. The highest BCUT2D eigenvalue weighted by Crippen LogP contribution is 2.21. The number of nitrogens with zero attached hydrogens (tertiary/aromatic N) is 3. The molecule has 0 aromatic carbocycles. The summed E-state index contributed by atoms with van der Waals surface area (Å²) in [6, 6.07) is 0. The zero-order valence-corrected chi connectivity index (χ0v) is 12.1. The SMILES string of the molecule is COc1nc(NC[C@@H]2CN(C)CCO2)ncc1Br. The number of methoxy groups -OCH3 is 1. The van der Waals surface area contributed by atoms with Crippen molar-refractivity contribution in [2.45, 2.75) is 6.10 Å². The first-order valence-corrected chi connectivity index (χ1v) is 6.59. The van der Waals surface area contributed by atoms with Gasteiger partial charge in [-0.3, -0.25) is 0 Å². The molecule has 2 rings (SSSR count). The first-order chi connectivity index (χ1) is 8.69. The van der Waals surface area contributed by atoms with Crippen molar-refractivity contribution in [2.75, 3.05) is 45.7 Å². The Morgan fingerprint density at radius 1 is 1.67 bits per heavy atom. The zero-order chi connectivity index (χ0) is 13.0. The van der Waals surface area contributed by atoms with Crippen molar-refractivity contribution in [1.82, 2.24) is 14.9 Å². The van der Waals surface area contributed by atoms with Crippen molar-refractivity contribution in [1.29, 1.82) is 0 Å². The van der Waals surface area contributed by atoms with E-state index in [2.05, 4.69) is 43.2 Å². The number of anilines is 1. The number of nitrogens with one attached hydrogen (secondary N) is 1. The van der Waals surface area contributed by atoms with Gasteiger partial charge in [0.1, 0.15) is 0 Å². The van der Waals surface area contributed by atoms with Crippen LogP contribution in [0.15, 0.2) is 10.7 Å². The van der Waals surface area contributed by atoms with E-state index in [9.17, 15) is 0 Å². The summed E-state index contributed by atoms with van der Waals surface area (Å²) in [6.45, 7) is 3.36. The third-order valence-electron chi connectivity index (χ3n) is 2.74. The molecule has 1 aliphatic heterocycles. The molecule has 1 N–H and O–H groups in total. The maximum Gasteiger partial charge on any atom is 0.232 e.